The van der Waals surface area contributed by atoms with Crippen LogP contribution in [-0.4, -0.2) is 45.4 Å². The van der Waals surface area contributed by atoms with E-state index in [9.17, 15) is 22.4 Å². The van der Waals surface area contributed by atoms with Crippen LogP contribution in [0.5, 0.6) is 17.2 Å². The molecule has 3 aromatic rings. The molecule has 39 heavy (non-hydrogen) atoms. The van der Waals surface area contributed by atoms with E-state index in [0.717, 1.165) is 38.2 Å². The van der Waals surface area contributed by atoms with Crippen molar-refractivity contribution in [1.29, 1.82) is 0 Å². The topological polar surface area (TPSA) is 63.2 Å². The first-order valence-corrected chi connectivity index (χ1v) is 12.4. The van der Waals surface area contributed by atoms with Crippen LogP contribution in [0, 0.1) is 11.2 Å². The summed E-state index contributed by atoms with van der Waals surface area (Å²) in [6.45, 7) is 5.54. The van der Waals surface area contributed by atoms with Crippen molar-refractivity contribution in [3.8, 4) is 28.4 Å². The van der Waals surface area contributed by atoms with Gasteiger partial charge >= 0.3 is 12.3 Å². The van der Waals surface area contributed by atoms with E-state index in [2.05, 4.69) is 11.7 Å². The lowest BCUT2D eigenvalue weighted by Crippen LogP contribution is -2.43. The first-order valence-electron chi connectivity index (χ1n) is 12.4. The van der Waals surface area contributed by atoms with E-state index in [1.54, 1.807) is 36.4 Å². The maximum Gasteiger partial charge on any atom is 0.573 e. The fourth-order valence-electron chi connectivity index (χ4n) is 3.81. The molecule has 4 rings (SSSR count). The lowest BCUT2D eigenvalue weighted by atomic mass is 9.90. The summed E-state index contributed by atoms with van der Waals surface area (Å²) in [6, 6.07) is 15.9. The molecule has 0 saturated carbocycles. The normalized spacial score (nSPS) is 14.4. The number of benzene rings is 3. The van der Waals surface area contributed by atoms with Crippen LogP contribution in [0.15, 0.2) is 66.7 Å². The highest BCUT2D eigenvalue weighted by molar-refractivity contribution is 5.91. The number of unbranched alkanes of at least 4 members (excludes halogenated alkanes) is 1. The molecule has 208 valence electrons. The van der Waals surface area contributed by atoms with Crippen LogP contribution >= 0.6 is 0 Å². The molecule has 0 bridgehead atoms. The van der Waals surface area contributed by atoms with E-state index in [4.69, 9.17) is 18.9 Å². The Kier molecular flexibility index (Phi) is 9.08. The molecule has 1 fully saturated rings. The minimum Gasteiger partial charge on any atom is -0.494 e. The molecular weight excluding hydrogens is 520 g/mol. The van der Waals surface area contributed by atoms with Gasteiger partial charge in [-0.2, -0.15) is 0 Å². The predicted octanol–water partition coefficient (Wildman–Crippen LogP) is 6.82. The van der Waals surface area contributed by atoms with Gasteiger partial charge < -0.3 is 23.7 Å². The molecule has 1 aliphatic rings. The van der Waals surface area contributed by atoms with E-state index in [1.165, 1.54) is 18.2 Å². The number of ether oxygens (including phenoxy) is 5. The van der Waals surface area contributed by atoms with Crippen LogP contribution in [0.3, 0.4) is 0 Å². The fraction of sp³-hybridized carbons (Fsp3) is 0.345. The Bertz CT molecular complexity index is 1240. The van der Waals surface area contributed by atoms with Gasteiger partial charge in [0.1, 0.15) is 11.5 Å². The molecule has 10 heteroatoms. The third-order valence-electron chi connectivity index (χ3n) is 5.95. The summed E-state index contributed by atoms with van der Waals surface area (Å²) in [5.74, 6) is -1.75. The van der Waals surface area contributed by atoms with Gasteiger partial charge in [0.15, 0.2) is 11.6 Å². The van der Waals surface area contributed by atoms with Crippen LogP contribution in [0.25, 0.3) is 11.1 Å². The summed E-state index contributed by atoms with van der Waals surface area (Å²) in [4.78, 5) is 12.5. The first-order chi connectivity index (χ1) is 18.6. The number of rotatable bonds is 12. The van der Waals surface area contributed by atoms with Gasteiger partial charge in [0.2, 0.25) is 0 Å². The van der Waals surface area contributed by atoms with Gasteiger partial charge in [0.05, 0.1) is 32.0 Å². The highest BCUT2D eigenvalue weighted by Gasteiger charge is 2.33. The summed E-state index contributed by atoms with van der Waals surface area (Å²) in [7, 11) is 0. The Morgan fingerprint density at radius 1 is 0.897 bits per heavy atom. The molecule has 0 unspecified atom stereocenters. The number of hydrogen-bond donors (Lipinski definition) is 0. The molecule has 0 aliphatic carbocycles. The van der Waals surface area contributed by atoms with Gasteiger partial charge in [-0.1, -0.05) is 25.1 Å². The second kappa shape index (κ2) is 12.5. The Hall–Kier alpha value is -3.63. The van der Waals surface area contributed by atoms with Crippen molar-refractivity contribution in [3.05, 3.63) is 78.1 Å². The van der Waals surface area contributed by atoms with Crippen LogP contribution < -0.4 is 14.2 Å². The number of hydrogen-bond acceptors (Lipinski definition) is 6. The largest absolute Gasteiger partial charge is 0.573 e. The average molecular weight is 549 g/mol. The Labute approximate surface area is 223 Å². The second-order valence-corrected chi connectivity index (χ2v) is 9.54. The minimum absolute atomic E-state index is 0.150. The summed E-state index contributed by atoms with van der Waals surface area (Å²) in [5.41, 5.74) is 1.33. The zero-order valence-electron chi connectivity index (χ0n) is 21.3. The quantitative estimate of drug-likeness (QED) is 0.107. The third-order valence-corrected chi connectivity index (χ3v) is 5.95. The zero-order valence-corrected chi connectivity index (χ0v) is 21.3. The van der Waals surface area contributed by atoms with Gasteiger partial charge in [-0.15, -0.1) is 13.2 Å². The van der Waals surface area contributed by atoms with Crippen LogP contribution in [0.1, 0.15) is 30.1 Å². The number of alkyl halides is 3. The predicted molar refractivity (Wildman–Crippen MR) is 134 cm³/mol. The van der Waals surface area contributed by atoms with Crippen molar-refractivity contribution < 1.29 is 46.0 Å². The molecule has 0 amide bonds. The Balaban J connectivity index is 1.21. The van der Waals surface area contributed by atoms with Crippen molar-refractivity contribution in [2.75, 3.05) is 33.0 Å². The van der Waals surface area contributed by atoms with Crippen molar-refractivity contribution in [2.24, 2.45) is 5.41 Å². The smallest absolute Gasteiger partial charge is 0.494 e. The average Bonchev–Trinajstić information content (AvgIpc) is 2.88. The monoisotopic (exact) mass is 548 g/mol. The van der Waals surface area contributed by atoms with E-state index < -0.39 is 23.9 Å². The van der Waals surface area contributed by atoms with Gasteiger partial charge in [0.25, 0.3) is 0 Å². The summed E-state index contributed by atoms with van der Waals surface area (Å²) < 4.78 is 76.6. The van der Waals surface area contributed by atoms with Crippen molar-refractivity contribution in [1.82, 2.24) is 0 Å². The molecule has 3 aromatic carbocycles. The standard InChI is InChI=1S/C29H28F4O6/c1-28(18-36-19-28)17-35-14-2-3-15-37-23-9-6-21(7-10-23)27(34)38-24-11-4-20(5-12-24)22-8-13-26(25(30)16-22)39-29(31,32)33/h4-13,16H,2-3,14-15,17-19H2,1H3. The number of carbonyl (C=O) groups is 1. The van der Waals surface area contributed by atoms with Crippen LogP contribution in [0.4, 0.5) is 17.6 Å². The van der Waals surface area contributed by atoms with Crippen LogP contribution in [-0.2, 0) is 9.47 Å². The highest BCUT2D eigenvalue weighted by atomic mass is 19.4. The summed E-state index contributed by atoms with van der Waals surface area (Å²) in [6.07, 6.45) is -3.27. The van der Waals surface area contributed by atoms with Crippen molar-refractivity contribution >= 4 is 5.97 Å². The fourth-order valence-corrected chi connectivity index (χ4v) is 3.81. The van der Waals surface area contributed by atoms with Crippen molar-refractivity contribution in [2.45, 2.75) is 26.1 Å². The number of esters is 1. The van der Waals surface area contributed by atoms with Gasteiger partial charge in [-0.05, 0) is 72.5 Å². The molecule has 0 radical (unpaired) electrons. The lowest BCUT2D eigenvalue weighted by molar-refractivity contribution is -0.275. The molecule has 0 N–H and O–H groups in total. The molecule has 0 spiro atoms. The van der Waals surface area contributed by atoms with E-state index in [-0.39, 0.29) is 11.2 Å². The van der Waals surface area contributed by atoms with Gasteiger partial charge in [-0.25, -0.2) is 9.18 Å². The van der Waals surface area contributed by atoms with E-state index >= 15 is 0 Å². The van der Waals surface area contributed by atoms with Gasteiger partial charge in [0, 0.05) is 12.0 Å². The van der Waals surface area contributed by atoms with E-state index in [1.807, 2.05) is 0 Å². The number of halogens is 4. The summed E-state index contributed by atoms with van der Waals surface area (Å²) in [5, 5.41) is 0. The van der Waals surface area contributed by atoms with Crippen LogP contribution in [0.2, 0.25) is 0 Å². The maximum atomic E-state index is 14.0. The maximum absolute atomic E-state index is 14.0. The molecule has 0 aromatic heterocycles. The molecule has 1 aliphatic heterocycles. The first kappa shape index (κ1) is 28.4. The Morgan fingerprint density at radius 2 is 1.54 bits per heavy atom. The highest BCUT2D eigenvalue weighted by Crippen LogP contribution is 2.30. The number of carbonyl (C=O) groups excluding carboxylic acids is 1. The third kappa shape index (κ3) is 8.43. The van der Waals surface area contributed by atoms with Gasteiger partial charge in [-0.3, -0.25) is 0 Å². The minimum atomic E-state index is -4.99. The molecule has 0 atom stereocenters. The molecule has 1 heterocycles. The Morgan fingerprint density at radius 3 is 2.15 bits per heavy atom. The van der Waals surface area contributed by atoms with E-state index in [0.29, 0.717) is 42.3 Å². The molecule has 1 saturated heterocycles. The molecular formula is C29H28F4O6. The lowest BCUT2D eigenvalue weighted by Gasteiger charge is -2.37. The SMILES string of the molecule is CC1(COCCCCOc2ccc(C(=O)Oc3ccc(-c4ccc(OC(F)(F)F)c(F)c4)cc3)cc2)COC1. The second-order valence-electron chi connectivity index (χ2n) is 9.54. The zero-order chi connectivity index (χ0) is 27.9. The van der Waals surface area contributed by atoms with Crippen molar-refractivity contribution in [3.63, 3.8) is 0 Å². The summed E-state index contributed by atoms with van der Waals surface area (Å²) >= 11 is 0. The molecule has 6 nitrogen and oxygen atoms in total.